The van der Waals surface area contributed by atoms with Crippen molar-refractivity contribution in [2.75, 3.05) is 24.7 Å². The second-order valence-corrected chi connectivity index (χ2v) is 6.40. The number of hydrogen-bond acceptors (Lipinski definition) is 4. The molecule has 0 radical (unpaired) electrons. The fourth-order valence-electron chi connectivity index (χ4n) is 2.08. The minimum atomic E-state index is -0.730. The second kappa shape index (κ2) is 7.29. The predicted molar refractivity (Wildman–Crippen MR) is 86.7 cm³/mol. The molecule has 0 unspecified atom stereocenters. The Kier molecular flexibility index (Phi) is 5.62. The zero-order valence-electron chi connectivity index (χ0n) is 12.7. The van der Waals surface area contributed by atoms with Crippen LogP contribution >= 0.6 is 23.2 Å². The number of rotatable bonds is 5. The van der Waals surface area contributed by atoms with Crippen molar-refractivity contribution in [3.8, 4) is 0 Å². The Balaban J connectivity index is 2.12. The number of imide groups is 2. The number of anilines is 1. The van der Waals surface area contributed by atoms with E-state index in [0.717, 1.165) is 9.80 Å². The van der Waals surface area contributed by atoms with Crippen LogP contribution in [0.5, 0.6) is 0 Å². The van der Waals surface area contributed by atoms with Crippen molar-refractivity contribution in [3.05, 3.63) is 28.2 Å². The molecule has 4 amide bonds. The van der Waals surface area contributed by atoms with Crippen LogP contribution < -0.4 is 4.90 Å². The van der Waals surface area contributed by atoms with Crippen molar-refractivity contribution >= 4 is 46.7 Å². The molecule has 23 heavy (non-hydrogen) atoms. The van der Waals surface area contributed by atoms with Crippen molar-refractivity contribution in [2.24, 2.45) is 5.92 Å². The molecule has 0 aliphatic carbocycles. The van der Waals surface area contributed by atoms with Crippen LogP contribution in [0, 0.1) is 5.92 Å². The predicted octanol–water partition coefficient (Wildman–Crippen LogP) is 2.96. The smallest absolute Gasteiger partial charge is 0.338 e. The highest BCUT2D eigenvalue weighted by molar-refractivity contribution is 6.35. The summed E-state index contributed by atoms with van der Waals surface area (Å²) in [5, 5.41) is 0.580. The van der Waals surface area contributed by atoms with E-state index in [1.165, 1.54) is 18.2 Å². The van der Waals surface area contributed by atoms with Crippen LogP contribution in [0.4, 0.5) is 10.5 Å². The van der Waals surface area contributed by atoms with E-state index in [2.05, 4.69) is 0 Å². The lowest BCUT2D eigenvalue weighted by Gasteiger charge is -2.16. The Morgan fingerprint density at radius 2 is 1.83 bits per heavy atom. The van der Waals surface area contributed by atoms with Gasteiger partial charge in [-0.05, 0) is 24.1 Å². The summed E-state index contributed by atoms with van der Waals surface area (Å²) < 4.78 is 5.22. The molecule has 6 nitrogen and oxygen atoms in total. The number of ether oxygens (including phenoxy) is 1. The maximum atomic E-state index is 12.3. The topological polar surface area (TPSA) is 66.9 Å². The number of amides is 4. The number of carbonyl (C=O) groups is 3. The van der Waals surface area contributed by atoms with Gasteiger partial charge >= 0.3 is 6.03 Å². The third kappa shape index (κ3) is 4.22. The van der Waals surface area contributed by atoms with E-state index in [9.17, 15) is 14.4 Å². The molecule has 0 N–H and O–H groups in total. The summed E-state index contributed by atoms with van der Waals surface area (Å²) in [5.74, 6) is -0.811. The molecule has 1 fully saturated rings. The number of urea groups is 1. The van der Waals surface area contributed by atoms with Gasteiger partial charge in [0.2, 0.25) is 0 Å². The number of halogens is 2. The average molecular weight is 359 g/mol. The second-order valence-electron chi connectivity index (χ2n) is 5.53. The first-order valence-electron chi connectivity index (χ1n) is 7.00. The van der Waals surface area contributed by atoms with Crippen molar-refractivity contribution in [3.63, 3.8) is 0 Å². The lowest BCUT2D eigenvalue weighted by molar-refractivity contribution is -0.134. The van der Waals surface area contributed by atoms with Crippen LogP contribution in [-0.2, 0) is 14.3 Å². The van der Waals surface area contributed by atoms with Gasteiger partial charge in [0.25, 0.3) is 11.8 Å². The molecule has 1 aromatic rings. The summed E-state index contributed by atoms with van der Waals surface area (Å²) in [5.41, 5.74) is 0.232. The molecule has 0 saturated carbocycles. The average Bonchev–Trinajstić information content (AvgIpc) is 2.72. The van der Waals surface area contributed by atoms with Crippen molar-refractivity contribution in [1.82, 2.24) is 4.90 Å². The van der Waals surface area contributed by atoms with E-state index in [1.54, 1.807) is 0 Å². The summed E-state index contributed by atoms with van der Waals surface area (Å²) in [6.45, 7) is 3.71. The maximum Gasteiger partial charge on any atom is 0.338 e. The van der Waals surface area contributed by atoms with E-state index in [-0.39, 0.29) is 34.8 Å². The van der Waals surface area contributed by atoms with Crippen molar-refractivity contribution in [1.29, 1.82) is 0 Å². The third-order valence-electron chi connectivity index (χ3n) is 3.05. The van der Waals surface area contributed by atoms with Gasteiger partial charge in [0.15, 0.2) is 0 Å². The van der Waals surface area contributed by atoms with E-state index in [4.69, 9.17) is 27.9 Å². The molecular weight excluding hydrogens is 343 g/mol. The number of nitrogens with zero attached hydrogens (tertiary/aromatic N) is 2. The molecule has 0 aromatic heterocycles. The molecule has 0 atom stereocenters. The Morgan fingerprint density at radius 3 is 2.39 bits per heavy atom. The highest BCUT2D eigenvalue weighted by atomic mass is 35.5. The Morgan fingerprint density at radius 1 is 1.22 bits per heavy atom. The SMILES string of the molecule is CC(C)COCC(=O)N1CC(=O)N(c2cc(Cl)cc(Cl)c2)C1=O. The Labute approximate surface area is 143 Å². The van der Waals surface area contributed by atoms with Gasteiger partial charge in [-0.15, -0.1) is 0 Å². The van der Waals surface area contributed by atoms with Gasteiger partial charge in [-0.1, -0.05) is 37.0 Å². The molecular formula is C15H16Cl2N2O4. The van der Waals surface area contributed by atoms with Gasteiger partial charge in [-0.2, -0.15) is 0 Å². The molecule has 1 aliphatic rings. The summed E-state index contributed by atoms with van der Waals surface area (Å²) in [6, 6.07) is 3.63. The summed E-state index contributed by atoms with van der Waals surface area (Å²) in [7, 11) is 0. The van der Waals surface area contributed by atoms with Crippen LogP contribution in [0.15, 0.2) is 18.2 Å². The Hall–Kier alpha value is -1.63. The van der Waals surface area contributed by atoms with Gasteiger partial charge in [0.05, 0.1) is 5.69 Å². The highest BCUT2D eigenvalue weighted by Gasteiger charge is 2.40. The number of hydrogen-bond donors (Lipinski definition) is 0. The van der Waals surface area contributed by atoms with E-state index < -0.39 is 17.8 Å². The molecule has 1 aliphatic heterocycles. The fourth-order valence-corrected chi connectivity index (χ4v) is 2.59. The fraction of sp³-hybridized carbons (Fsp3) is 0.400. The monoisotopic (exact) mass is 358 g/mol. The minimum absolute atomic E-state index is 0.232. The van der Waals surface area contributed by atoms with Crippen molar-refractivity contribution in [2.45, 2.75) is 13.8 Å². The maximum absolute atomic E-state index is 12.3. The number of carbonyl (C=O) groups excluding carboxylic acids is 3. The molecule has 1 saturated heterocycles. The molecule has 0 bridgehead atoms. The van der Waals surface area contributed by atoms with E-state index in [1.807, 2.05) is 13.8 Å². The Bertz CT molecular complexity index is 628. The summed E-state index contributed by atoms with van der Waals surface area (Å²) in [4.78, 5) is 38.2. The van der Waals surface area contributed by atoms with Gasteiger partial charge in [0.1, 0.15) is 13.2 Å². The van der Waals surface area contributed by atoms with E-state index in [0.29, 0.717) is 6.61 Å². The summed E-state index contributed by atoms with van der Waals surface area (Å²) >= 11 is 11.8. The molecule has 0 spiro atoms. The quantitative estimate of drug-likeness (QED) is 0.758. The molecule has 1 heterocycles. The normalized spacial score (nSPS) is 15.0. The molecule has 2 rings (SSSR count). The third-order valence-corrected chi connectivity index (χ3v) is 3.48. The lowest BCUT2D eigenvalue weighted by Crippen LogP contribution is -2.38. The summed E-state index contributed by atoms with van der Waals surface area (Å²) in [6.07, 6.45) is 0. The lowest BCUT2D eigenvalue weighted by atomic mass is 10.2. The van der Waals surface area contributed by atoms with Gasteiger partial charge in [-0.3, -0.25) is 14.5 Å². The first-order chi connectivity index (χ1) is 10.8. The minimum Gasteiger partial charge on any atom is -0.371 e. The van der Waals surface area contributed by atoms with Gasteiger partial charge < -0.3 is 4.74 Å². The zero-order valence-corrected chi connectivity index (χ0v) is 14.2. The molecule has 124 valence electrons. The molecule has 8 heteroatoms. The number of benzene rings is 1. The van der Waals surface area contributed by atoms with Crippen LogP contribution in [0.1, 0.15) is 13.8 Å². The first kappa shape index (κ1) is 17.7. The van der Waals surface area contributed by atoms with Crippen LogP contribution in [0.25, 0.3) is 0 Å². The largest absolute Gasteiger partial charge is 0.371 e. The molecule has 1 aromatic carbocycles. The van der Waals surface area contributed by atoms with Gasteiger partial charge in [-0.25, -0.2) is 9.69 Å². The van der Waals surface area contributed by atoms with Gasteiger partial charge in [0, 0.05) is 16.7 Å². The van der Waals surface area contributed by atoms with Crippen LogP contribution in [0.3, 0.4) is 0 Å². The first-order valence-corrected chi connectivity index (χ1v) is 7.76. The highest BCUT2D eigenvalue weighted by Crippen LogP contribution is 2.28. The van der Waals surface area contributed by atoms with E-state index >= 15 is 0 Å². The zero-order chi connectivity index (χ0) is 17.1. The standard InChI is InChI=1S/C15H16Cl2N2O4/c1-9(2)7-23-8-14(21)18-6-13(20)19(15(18)22)12-4-10(16)3-11(17)5-12/h3-5,9H,6-8H2,1-2H3. The van der Waals surface area contributed by atoms with Crippen LogP contribution in [0.2, 0.25) is 10.0 Å². The van der Waals surface area contributed by atoms with Crippen LogP contribution in [-0.4, -0.2) is 42.5 Å². The van der Waals surface area contributed by atoms with Crippen molar-refractivity contribution < 1.29 is 19.1 Å².